The van der Waals surface area contributed by atoms with Gasteiger partial charge < -0.3 is 14.6 Å². The third kappa shape index (κ3) is 2.25. The van der Waals surface area contributed by atoms with Crippen LogP contribution in [0.4, 0.5) is 0 Å². The summed E-state index contributed by atoms with van der Waals surface area (Å²) >= 11 is 0. The van der Waals surface area contributed by atoms with Gasteiger partial charge in [-0.25, -0.2) is 4.79 Å². The van der Waals surface area contributed by atoms with Crippen molar-refractivity contribution in [1.29, 1.82) is 0 Å². The number of aryl methyl sites for hydroxylation is 1. The Bertz CT molecular complexity index is 475. The summed E-state index contributed by atoms with van der Waals surface area (Å²) in [5, 5.41) is 9.21. The number of aromatic nitrogens is 1. The first-order chi connectivity index (χ1) is 8.23. The topological polar surface area (TPSA) is 62.5 Å². The molecule has 0 spiro atoms. The molecule has 1 rings (SSSR count). The van der Waals surface area contributed by atoms with Crippen molar-refractivity contribution in [1.82, 2.24) is 9.47 Å². The van der Waals surface area contributed by atoms with E-state index in [2.05, 4.69) is 0 Å². The molecule has 0 aliphatic heterocycles. The van der Waals surface area contributed by atoms with Crippen molar-refractivity contribution in [3.05, 3.63) is 23.5 Å². The fourth-order valence-electron chi connectivity index (χ4n) is 1.87. The third-order valence-electron chi connectivity index (χ3n) is 3.35. The second-order valence-corrected chi connectivity index (χ2v) is 4.83. The largest absolute Gasteiger partial charge is 0.480 e. The second kappa shape index (κ2) is 4.84. The number of rotatable bonds is 4. The molecule has 0 fully saturated rings. The molecule has 0 aliphatic carbocycles. The van der Waals surface area contributed by atoms with E-state index in [1.165, 1.54) is 18.7 Å². The monoisotopic (exact) mass is 252 g/mol. The summed E-state index contributed by atoms with van der Waals surface area (Å²) in [5.41, 5.74) is 0.246. The number of likely N-dealkylation sites (N-methyl/N-ethyl adjacent to an activating group) is 1. The van der Waals surface area contributed by atoms with E-state index < -0.39 is 11.5 Å². The van der Waals surface area contributed by atoms with Crippen molar-refractivity contribution in [3.63, 3.8) is 0 Å². The van der Waals surface area contributed by atoms with E-state index in [1.807, 2.05) is 13.0 Å². The zero-order valence-electron chi connectivity index (χ0n) is 11.5. The molecule has 0 bridgehead atoms. The molecule has 100 valence electrons. The fourth-order valence-corrected chi connectivity index (χ4v) is 1.87. The Hall–Kier alpha value is -1.78. The highest BCUT2D eigenvalue weighted by Crippen LogP contribution is 2.19. The van der Waals surface area contributed by atoms with Gasteiger partial charge in [0.1, 0.15) is 11.2 Å². The minimum Gasteiger partial charge on any atom is -0.480 e. The van der Waals surface area contributed by atoms with Gasteiger partial charge in [-0.3, -0.25) is 4.79 Å². The van der Waals surface area contributed by atoms with Gasteiger partial charge in [-0.05, 0) is 39.8 Å². The zero-order valence-corrected chi connectivity index (χ0v) is 11.5. The quantitative estimate of drug-likeness (QED) is 0.886. The minimum absolute atomic E-state index is 0.263. The van der Waals surface area contributed by atoms with Crippen LogP contribution in [0, 0.1) is 6.92 Å². The van der Waals surface area contributed by atoms with Gasteiger partial charge >= 0.3 is 5.97 Å². The number of carbonyl (C=O) groups is 2. The lowest BCUT2D eigenvalue weighted by Gasteiger charge is -2.34. The smallest absolute Gasteiger partial charge is 0.329 e. The van der Waals surface area contributed by atoms with Crippen molar-refractivity contribution in [2.75, 3.05) is 6.54 Å². The molecule has 1 N–H and O–H groups in total. The molecule has 5 nitrogen and oxygen atoms in total. The van der Waals surface area contributed by atoms with E-state index >= 15 is 0 Å². The summed E-state index contributed by atoms with van der Waals surface area (Å²) in [6.45, 7) is 7.09. The van der Waals surface area contributed by atoms with Crippen LogP contribution in [0.15, 0.2) is 12.1 Å². The molecule has 0 saturated carbocycles. The van der Waals surface area contributed by atoms with Gasteiger partial charge in [0.25, 0.3) is 5.91 Å². The highest BCUT2D eigenvalue weighted by Gasteiger charge is 2.37. The second-order valence-electron chi connectivity index (χ2n) is 4.83. The summed E-state index contributed by atoms with van der Waals surface area (Å²) in [6, 6.07) is 3.56. The summed E-state index contributed by atoms with van der Waals surface area (Å²) in [4.78, 5) is 25.0. The molecular formula is C13H20N2O3. The molecule has 0 saturated heterocycles. The predicted octanol–water partition coefficient (Wildman–Crippen LogP) is 1.66. The Balaban J connectivity index is 3.15. The van der Waals surface area contributed by atoms with E-state index in [0.717, 1.165) is 5.69 Å². The maximum atomic E-state index is 12.4. The lowest BCUT2D eigenvalue weighted by atomic mass is 10.0. The van der Waals surface area contributed by atoms with Crippen molar-refractivity contribution in [2.24, 2.45) is 7.05 Å². The average molecular weight is 252 g/mol. The number of amides is 1. The first-order valence-corrected chi connectivity index (χ1v) is 5.91. The predicted molar refractivity (Wildman–Crippen MR) is 68.6 cm³/mol. The molecule has 0 aromatic carbocycles. The Morgan fingerprint density at radius 3 is 2.28 bits per heavy atom. The zero-order chi connectivity index (χ0) is 14.1. The van der Waals surface area contributed by atoms with Crippen LogP contribution in [0.5, 0.6) is 0 Å². The molecule has 1 amide bonds. The normalized spacial score (nSPS) is 11.4. The van der Waals surface area contributed by atoms with Crippen molar-refractivity contribution in [3.8, 4) is 0 Å². The van der Waals surface area contributed by atoms with Crippen LogP contribution < -0.4 is 0 Å². The molecule has 5 heteroatoms. The van der Waals surface area contributed by atoms with Crippen molar-refractivity contribution in [2.45, 2.75) is 33.2 Å². The van der Waals surface area contributed by atoms with Gasteiger partial charge in [0, 0.05) is 19.3 Å². The van der Waals surface area contributed by atoms with Crippen LogP contribution in [-0.2, 0) is 11.8 Å². The van der Waals surface area contributed by atoms with E-state index in [0.29, 0.717) is 12.2 Å². The summed E-state index contributed by atoms with van der Waals surface area (Å²) in [7, 11) is 1.80. The Kier molecular flexibility index (Phi) is 3.84. The van der Waals surface area contributed by atoms with E-state index in [-0.39, 0.29) is 5.91 Å². The molecule has 0 atom stereocenters. The molecule has 0 radical (unpaired) electrons. The third-order valence-corrected chi connectivity index (χ3v) is 3.35. The Morgan fingerprint density at radius 2 is 1.94 bits per heavy atom. The number of aliphatic carboxylic acids is 1. The SMILES string of the molecule is CCN(C(=O)c1ccc(C)n1C)C(C)(C)C(=O)O. The Labute approximate surface area is 107 Å². The molecule has 0 unspecified atom stereocenters. The maximum absolute atomic E-state index is 12.4. The molecular weight excluding hydrogens is 232 g/mol. The van der Waals surface area contributed by atoms with E-state index in [1.54, 1.807) is 24.6 Å². The van der Waals surface area contributed by atoms with Crippen LogP contribution in [0.3, 0.4) is 0 Å². The van der Waals surface area contributed by atoms with E-state index in [9.17, 15) is 14.7 Å². The highest BCUT2D eigenvalue weighted by molar-refractivity contribution is 5.96. The van der Waals surface area contributed by atoms with Gasteiger partial charge in [0.05, 0.1) is 0 Å². The summed E-state index contributed by atoms with van der Waals surface area (Å²) in [6.07, 6.45) is 0. The number of carboxylic acids is 1. The molecule has 1 aromatic rings. The first-order valence-electron chi connectivity index (χ1n) is 5.91. The van der Waals surface area contributed by atoms with Crippen LogP contribution in [0.2, 0.25) is 0 Å². The lowest BCUT2D eigenvalue weighted by molar-refractivity contribution is -0.147. The van der Waals surface area contributed by atoms with Crippen LogP contribution in [-0.4, -0.2) is 38.5 Å². The van der Waals surface area contributed by atoms with E-state index in [4.69, 9.17) is 0 Å². The van der Waals surface area contributed by atoms with Gasteiger partial charge in [0.15, 0.2) is 0 Å². The number of carboxylic acid groups (broad SMARTS) is 1. The average Bonchev–Trinajstić information content (AvgIpc) is 2.60. The highest BCUT2D eigenvalue weighted by atomic mass is 16.4. The first kappa shape index (κ1) is 14.3. The van der Waals surface area contributed by atoms with Gasteiger partial charge in [0.2, 0.25) is 0 Å². The standard InChI is InChI=1S/C13H20N2O3/c1-6-15(13(3,4)12(17)18)11(16)10-8-7-9(2)14(10)5/h7-8H,6H2,1-5H3,(H,17,18). The van der Waals surface area contributed by atoms with Gasteiger partial charge in [-0.15, -0.1) is 0 Å². The van der Waals surface area contributed by atoms with Crippen molar-refractivity contribution >= 4 is 11.9 Å². The van der Waals surface area contributed by atoms with Crippen LogP contribution in [0.25, 0.3) is 0 Å². The number of nitrogens with zero attached hydrogens (tertiary/aromatic N) is 2. The number of hydrogen-bond acceptors (Lipinski definition) is 2. The van der Waals surface area contributed by atoms with Crippen LogP contribution in [0.1, 0.15) is 37.0 Å². The number of hydrogen-bond donors (Lipinski definition) is 1. The maximum Gasteiger partial charge on any atom is 0.329 e. The van der Waals surface area contributed by atoms with Crippen LogP contribution >= 0.6 is 0 Å². The molecule has 18 heavy (non-hydrogen) atoms. The fraction of sp³-hybridized carbons (Fsp3) is 0.538. The summed E-state index contributed by atoms with van der Waals surface area (Å²) in [5.74, 6) is -1.27. The molecule has 0 aliphatic rings. The number of carbonyl (C=O) groups excluding carboxylic acids is 1. The van der Waals surface area contributed by atoms with Gasteiger partial charge in [-0.2, -0.15) is 0 Å². The molecule has 1 aromatic heterocycles. The summed E-state index contributed by atoms with van der Waals surface area (Å²) < 4.78 is 1.77. The minimum atomic E-state index is -1.22. The van der Waals surface area contributed by atoms with Gasteiger partial charge in [-0.1, -0.05) is 0 Å². The Morgan fingerprint density at radius 1 is 1.39 bits per heavy atom. The van der Waals surface area contributed by atoms with Crippen molar-refractivity contribution < 1.29 is 14.7 Å². The molecule has 1 heterocycles. The lowest BCUT2D eigenvalue weighted by Crippen LogP contribution is -2.53.